The van der Waals surface area contributed by atoms with Crippen molar-refractivity contribution in [3.63, 3.8) is 0 Å². The predicted molar refractivity (Wildman–Crippen MR) is 121 cm³/mol. The molecule has 0 unspecified atom stereocenters. The topological polar surface area (TPSA) is 75.3 Å². The summed E-state index contributed by atoms with van der Waals surface area (Å²) in [7, 11) is 3.30. The fraction of sp³-hybridized carbons (Fsp3) is 0.160. The lowest BCUT2D eigenvalue weighted by Gasteiger charge is -2.16. The van der Waals surface area contributed by atoms with E-state index in [9.17, 15) is 9.59 Å². The number of methoxy groups -OCH3 is 1. The van der Waals surface area contributed by atoms with E-state index in [4.69, 9.17) is 4.74 Å². The van der Waals surface area contributed by atoms with Crippen LogP contribution in [0.2, 0.25) is 0 Å². The zero-order chi connectivity index (χ0) is 21.8. The number of benzene rings is 3. The van der Waals surface area contributed by atoms with Gasteiger partial charge in [-0.05, 0) is 41.9 Å². The van der Waals surface area contributed by atoms with E-state index < -0.39 is 5.97 Å². The molecule has 1 N–H and O–H groups in total. The van der Waals surface area contributed by atoms with Gasteiger partial charge in [0.2, 0.25) is 0 Å². The third-order valence-electron chi connectivity index (χ3n) is 5.11. The third-order valence-corrected chi connectivity index (χ3v) is 5.11. The number of nitrogens with one attached hydrogen (secondary N) is 1. The van der Waals surface area contributed by atoms with E-state index in [1.54, 1.807) is 18.2 Å². The first-order valence-corrected chi connectivity index (χ1v) is 9.97. The highest BCUT2D eigenvalue weighted by Gasteiger charge is 2.11. The summed E-state index contributed by atoms with van der Waals surface area (Å²) in [5.41, 5.74) is 4.14. The number of hydrogen-bond donors (Lipinski definition) is 1. The van der Waals surface area contributed by atoms with Crippen molar-refractivity contribution in [1.82, 2.24) is 14.9 Å². The molecule has 0 aliphatic rings. The van der Waals surface area contributed by atoms with Crippen LogP contribution in [0.1, 0.15) is 21.7 Å². The van der Waals surface area contributed by atoms with Crippen molar-refractivity contribution in [3.05, 3.63) is 100 Å². The summed E-state index contributed by atoms with van der Waals surface area (Å²) in [6.07, 6.45) is 0. The van der Waals surface area contributed by atoms with Gasteiger partial charge in [-0.1, -0.05) is 54.6 Å². The number of rotatable bonds is 6. The van der Waals surface area contributed by atoms with Gasteiger partial charge in [-0.25, -0.2) is 9.78 Å². The fourth-order valence-electron chi connectivity index (χ4n) is 3.56. The molecule has 0 saturated heterocycles. The van der Waals surface area contributed by atoms with Crippen LogP contribution in [0, 0.1) is 0 Å². The largest absolute Gasteiger partial charge is 0.465 e. The zero-order valence-electron chi connectivity index (χ0n) is 17.5. The minimum atomic E-state index is -0.457. The maximum atomic E-state index is 12.4. The summed E-state index contributed by atoms with van der Waals surface area (Å²) in [4.78, 5) is 33.7. The second kappa shape index (κ2) is 8.93. The number of hydrogen-bond acceptors (Lipinski definition) is 5. The number of carbonyl (C=O) groups is 1. The van der Waals surface area contributed by atoms with Crippen LogP contribution >= 0.6 is 0 Å². The van der Waals surface area contributed by atoms with Crippen LogP contribution in [0.3, 0.4) is 0 Å². The van der Waals surface area contributed by atoms with Crippen LogP contribution in [0.5, 0.6) is 0 Å². The smallest absolute Gasteiger partial charge is 0.337 e. The third kappa shape index (κ3) is 4.70. The van der Waals surface area contributed by atoms with E-state index in [2.05, 4.69) is 51.3 Å². The van der Waals surface area contributed by atoms with Crippen LogP contribution in [0.25, 0.3) is 22.0 Å². The summed E-state index contributed by atoms with van der Waals surface area (Å²) in [5, 5.41) is 0.440. The van der Waals surface area contributed by atoms with Gasteiger partial charge in [0.15, 0.2) is 0 Å². The molecule has 0 fully saturated rings. The number of carbonyl (C=O) groups excluding carboxylic acids is 1. The Morgan fingerprint density at radius 1 is 0.968 bits per heavy atom. The van der Waals surface area contributed by atoms with Crippen LogP contribution in [0.4, 0.5) is 0 Å². The van der Waals surface area contributed by atoms with E-state index in [1.807, 2.05) is 25.2 Å². The molecule has 0 atom stereocenters. The monoisotopic (exact) mass is 413 g/mol. The number of aromatic amines is 1. The molecule has 0 aliphatic carbocycles. The van der Waals surface area contributed by atoms with Crippen LogP contribution in [-0.4, -0.2) is 35.0 Å². The summed E-state index contributed by atoms with van der Waals surface area (Å²) in [6.45, 7) is 1.17. The van der Waals surface area contributed by atoms with Gasteiger partial charge in [0, 0.05) is 6.54 Å². The first kappa shape index (κ1) is 20.5. The molecule has 0 bridgehead atoms. The molecule has 0 radical (unpaired) electrons. The highest BCUT2D eigenvalue weighted by Crippen LogP contribution is 2.20. The molecule has 3 aromatic carbocycles. The summed E-state index contributed by atoms with van der Waals surface area (Å²) in [6, 6.07) is 23.4. The van der Waals surface area contributed by atoms with Crippen LogP contribution in [-0.2, 0) is 17.8 Å². The molecular weight excluding hydrogens is 390 g/mol. The van der Waals surface area contributed by atoms with Crippen molar-refractivity contribution < 1.29 is 9.53 Å². The normalized spacial score (nSPS) is 11.1. The maximum Gasteiger partial charge on any atom is 0.337 e. The predicted octanol–water partition coefficient (Wildman–Crippen LogP) is 4.01. The van der Waals surface area contributed by atoms with Crippen molar-refractivity contribution in [2.45, 2.75) is 13.1 Å². The second-order valence-electron chi connectivity index (χ2n) is 7.47. The lowest BCUT2D eigenvalue weighted by atomic mass is 10.0. The number of ether oxygens (including phenoxy) is 1. The Bertz CT molecular complexity index is 1260. The van der Waals surface area contributed by atoms with Gasteiger partial charge in [0.05, 0.1) is 30.1 Å². The zero-order valence-corrected chi connectivity index (χ0v) is 17.5. The number of nitrogens with zero attached hydrogens (tertiary/aromatic N) is 2. The van der Waals surface area contributed by atoms with Crippen molar-refractivity contribution >= 4 is 16.9 Å². The Morgan fingerprint density at radius 3 is 2.39 bits per heavy atom. The standard InChI is InChI=1S/C25H23N3O3/c1-28(15-17-8-10-19(11-9-17)18-6-4-3-5-7-18)16-23-26-22-14-20(25(30)31-2)12-13-21(22)24(29)27-23/h3-14H,15-16H2,1-2H3,(H,26,27,29). The van der Waals surface area contributed by atoms with E-state index >= 15 is 0 Å². The van der Waals surface area contributed by atoms with Gasteiger partial charge in [0.1, 0.15) is 5.82 Å². The van der Waals surface area contributed by atoms with E-state index in [0.717, 1.165) is 0 Å². The summed E-state index contributed by atoms with van der Waals surface area (Å²) < 4.78 is 4.75. The Kier molecular flexibility index (Phi) is 5.91. The van der Waals surface area contributed by atoms with Gasteiger partial charge in [-0.15, -0.1) is 0 Å². The number of aromatic nitrogens is 2. The molecule has 1 heterocycles. The van der Waals surface area contributed by atoms with Crippen LogP contribution < -0.4 is 5.56 Å². The van der Waals surface area contributed by atoms with Gasteiger partial charge < -0.3 is 9.72 Å². The molecule has 4 rings (SSSR count). The summed E-state index contributed by atoms with van der Waals surface area (Å²) in [5.74, 6) is 0.0875. The lowest BCUT2D eigenvalue weighted by molar-refractivity contribution is 0.0601. The molecule has 31 heavy (non-hydrogen) atoms. The summed E-state index contributed by atoms with van der Waals surface area (Å²) >= 11 is 0. The first-order valence-electron chi connectivity index (χ1n) is 9.97. The Hall–Kier alpha value is -3.77. The molecule has 156 valence electrons. The molecule has 0 aliphatic heterocycles. The van der Waals surface area contributed by atoms with E-state index in [-0.39, 0.29) is 5.56 Å². The SMILES string of the molecule is COC(=O)c1ccc2c(=O)[nH]c(CN(C)Cc3ccc(-c4ccccc4)cc3)nc2c1. The lowest BCUT2D eigenvalue weighted by Crippen LogP contribution is -2.22. The van der Waals surface area contributed by atoms with Crippen molar-refractivity contribution in [2.75, 3.05) is 14.2 Å². The minimum absolute atomic E-state index is 0.225. The molecule has 0 saturated carbocycles. The highest BCUT2D eigenvalue weighted by molar-refractivity contribution is 5.93. The highest BCUT2D eigenvalue weighted by atomic mass is 16.5. The molecule has 4 aromatic rings. The quantitative estimate of drug-likeness (QED) is 0.484. The Morgan fingerprint density at radius 2 is 1.68 bits per heavy atom. The molecule has 6 heteroatoms. The molecule has 0 spiro atoms. The minimum Gasteiger partial charge on any atom is -0.465 e. The number of esters is 1. The van der Waals surface area contributed by atoms with E-state index in [1.165, 1.54) is 23.8 Å². The molecule has 1 aromatic heterocycles. The molecular formula is C25H23N3O3. The molecule has 6 nitrogen and oxygen atoms in total. The fourth-order valence-corrected chi connectivity index (χ4v) is 3.56. The van der Waals surface area contributed by atoms with Crippen LogP contribution in [0.15, 0.2) is 77.6 Å². The maximum absolute atomic E-state index is 12.4. The van der Waals surface area contributed by atoms with Crippen molar-refractivity contribution in [1.29, 1.82) is 0 Å². The average molecular weight is 413 g/mol. The Balaban J connectivity index is 1.49. The van der Waals surface area contributed by atoms with Crippen molar-refractivity contribution in [3.8, 4) is 11.1 Å². The number of fused-ring (bicyclic) bond motifs is 1. The van der Waals surface area contributed by atoms with Gasteiger partial charge in [0.25, 0.3) is 5.56 Å². The van der Waals surface area contributed by atoms with Gasteiger partial charge in [-0.2, -0.15) is 0 Å². The molecule has 0 amide bonds. The second-order valence-corrected chi connectivity index (χ2v) is 7.47. The van der Waals surface area contributed by atoms with Gasteiger partial charge >= 0.3 is 5.97 Å². The number of H-pyrrole nitrogens is 1. The average Bonchev–Trinajstić information content (AvgIpc) is 2.79. The van der Waals surface area contributed by atoms with E-state index in [0.29, 0.717) is 35.4 Å². The Labute approximate surface area is 180 Å². The van der Waals surface area contributed by atoms with Crippen molar-refractivity contribution in [2.24, 2.45) is 0 Å². The first-order chi connectivity index (χ1) is 15.0. The van der Waals surface area contributed by atoms with Gasteiger partial charge in [-0.3, -0.25) is 9.69 Å².